The van der Waals surface area contributed by atoms with Crippen molar-refractivity contribution in [1.29, 1.82) is 0 Å². The number of carbonyl (C=O) groups is 3. The van der Waals surface area contributed by atoms with Crippen LogP contribution in [0.15, 0.2) is 97.2 Å². The van der Waals surface area contributed by atoms with Gasteiger partial charge in [0.2, 0.25) is 0 Å². The lowest BCUT2D eigenvalue weighted by molar-refractivity contribution is -0.887. The van der Waals surface area contributed by atoms with Crippen LogP contribution in [0.25, 0.3) is 0 Å². The standard InChI is InChI=1S/C61H103NO7/c1-6-8-10-12-14-16-18-20-22-24-26-28-30-32-33-35-37-39-41-43-45-47-49-51-59(63)68-56-57(55-67-54-53-58(61(65)66)62(3,4)5)69-60(64)52-50-48-46-44-42-40-38-36-34-31-29-27-25-23-21-19-17-15-13-11-9-7-2/h8,10,14-17,20-23,26-29,32-33,57-58H,6-7,9,11-13,18-19,24-25,30-31,34-56H2,1-5H3/p+1/b10-8+,16-14+,17-15+,22-20+,23-21+,28-26+,29-27+,33-32+. The van der Waals surface area contributed by atoms with E-state index in [4.69, 9.17) is 14.2 Å². The maximum atomic E-state index is 12.8. The van der Waals surface area contributed by atoms with Crippen molar-refractivity contribution in [2.45, 2.75) is 231 Å². The topological polar surface area (TPSA) is 99.1 Å². The number of nitrogens with zero attached hydrogens (tertiary/aromatic N) is 1. The lowest BCUT2D eigenvalue weighted by atomic mass is 10.1. The summed E-state index contributed by atoms with van der Waals surface area (Å²) in [6.07, 6.45) is 68.8. The predicted molar refractivity (Wildman–Crippen MR) is 293 cm³/mol. The molecule has 8 nitrogen and oxygen atoms in total. The number of hydrogen-bond donors (Lipinski definition) is 1. The van der Waals surface area contributed by atoms with Gasteiger partial charge in [-0.05, 0) is 96.3 Å². The maximum Gasteiger partial charge on any atom is 0.362 e. The van der Waals surface area contributed by atoms with E-state index in [2.05, 4.69) is 111 Å². The van der Waals surface area contributed by atoms with Gasteiger partial charge in [-0.2, -0.15) is 0 Å². The number of allylic oxidation sites excluding steroid dienone is 16. The Labute approximate surface area is 424 Å². The summed E-state index contributed by atoms with van der Waals surface area (Å²) >= 11 is 0. The Morgan fingerprint density at radius 1 is 0.449 bits per heavy atom. The molecule has 394 valence electrons. The second-order valence-corrected chi connectivity index (χ2v) is 19.5. The van der Waals surface area contributed by atoms with E-state index < -0.39 is 18.1 Å². The Balaban J connectivity index is 4.25. The first-order chi connectivity index (χ1) is 33.6. The van der Waals surface area contributed by atoms with Gasteiger partial charge in [-0.1, -0.05) is 201 Å². The largest absolute Gasteiger partial charge is 0.477 e. The highest BCUT2D eigenvalue weighted by atomic mass is 16.6. The highest BCUT2D eigenvalue weighted by molar-refractivity contribution is 5.72. The van der Waals surface area contributed by atoms with Crippen molar-refractivity contribution in [3.63, 3.8) is 0 Å². The van der Waals surface area contributed by atoms with Crippen molar-refractivity contribution >= 4 is 17.9 Å². The van der Waals surface area contributed by atoms with Crippen LogP contribution in [0.5, 0.6) is 0 Å². The van der Waals surface area contributed by atoms with Crippen LogP contribution in [0.4, 0.5) is 0 Å². The van der Waals surface area contributed by atoms with Gasteiger partial charge in [-0.25, -0.2) is 4.79 Å². The smallest absolute Gasteiger partial charge is 0.362 e. The highest BCUT2D eigenvalue weighted by Crippen LogP contribution is 2.15. The normalized spacial score (nSPS) is 13.6. The van der Waals surface area contributed by atoms with Gasteiger partial charge < -0.3 is 23.8 Å². The number of carboxylic acid groups (broad SMARTS) is 1. The van der Waals surface area contributed by atoms with Crippen molar-refractivity contribution < 1.29 is 38.2 Å². The summed E-state index contributed by atoms with van der Waals surface area (Å²) in [7, 11) is 5.53. The predicted octanol–water partition coefficient (Wildman–Crippen LogP) is 16.6. The number of hydrogen-bond acceptors (Lipinski definition) is 6. The fourth-order valence-electron chi connectivity index (χ4n) is 7.71. The number of carbonyl (C=O) groups excluding carboxylic acids is 2. The van der Waals surface area contributed by atoms with E-state index in [1.54, 1.807) is 0 Å². The number of quaternary nitrogens is 1. The van der Waals surface area contributed by atoms with Gasteiger partial charge in [0.1, 0.15) is 6.61 Å². The van der Waals surface area contributed by atoms with Crippen molar-refractivity contribution in [2.75, 3.05) is 41.0 Å². The van der Waals surface area contributed by atoms with E-state index >= 15 is 0 Å². The average Bonchev–Trinajstić information content (AvgIpc) is 3.31. The number of aliphatic carboxylic acids is 1. The first kappa shape index (κ1) is 65.2. The summed E-state index contributed by atoms with van der Waals surface area (Å²) in [4.78, 5) is 37.3. The molecule has 0 aromatic carbocycles. The zero-order chi connectivity index (χ0) is 50.6. The molecule has 0 amide bonds. The molecule has 2 atom stereocenters. The van der Waals surface area contributed by atoms with Crippen LogP contribution in [0.2, 0.25) is 0 Å². The lowest BCUT2D eigenvalue weighted by Gasteiger charge is -2.31. The molecule has 0 radical (unpaired) electrons. The zero-order valence-corrected chi connectivity index (χ0v) is 45.0. The van der Waals surface area contributed by atoms with Gasteiger partial charge in [-0.3, -0.25) is 9.59 Å². The van der Waals surface area contributed by atoms with E-state index in [0.717, 1.165) is 96.3 Å². The summed E-state index contributed by atoms with van der Waals surface area (Å²) in [6.45, 7) is 4.59. The lowest BCUT2D eigenvalue weighted by Crippen LogP contribution is -2.50. The van der Waals surface area contributed by atoms with Crippen molar-refractivity contribution in [3.8, 4) is 0 Å². The molecule has 0 saturated carbocycles. The second-order valence-electron chi connectivity index (χ2n) is 19.5. The molecule has 0 rings (SSSR count). The molecule has 0 bridgehead atoms. The summed E-state index contributed by atoms with van der Waals surface area (Å²) in [6, 6.07) is -0.624. The Hall–Kier alpha value is -3.75. The van der Waals surface area contributed by atoms with Gasteiger partial charge in [0.25, 0.3) is 0 Å². The summed E-state index contributed by atoms with van der Waals surface area (Å²) < 4.78 is 17.4. The fourth-order valence-corrected chi connectivity index (χ4v) is 7.71. The number of rotatable bonds is 49. The SMILES string of the molecule is CC/C=C/C/C=C/C/C=C/C/C=C/C/C=C/CCCCCCCCCC(=O)OCC(COCCC(C(=O)O)[N+](C)(C)C)OC(=O)CCCCCCCCCCC/C=C/C/C=C/C/C=C/CCCCC. The fraction of sp³-hybridized carbons (Fsp3) is 0.689. The minimum atomic E-state index is -0.880. The third-order valence-corrected chi connectivity index (χ3v) is 12.0. The summed E-state index contributed by atoms with van der Waals surface area (Å²) in [5.74, 6) is -1.49. The molecule has 0 saturated heterocycles. The maximum absolute atomic E-state index is 12.8. The van der Waals surface area contributed by atoms with Crippen LogP contribution < -0.4 is 0 Å². The molecule has 8 heteroatoms. The molecule has 0 aliphatic carbocycles. The number of likely N-dealkylation sites (N-methyl/N-ethyl adjacent to an activating group) is 1. The molecular formula is C61H104NO7+. The van der Waals surface area contributed by atoms with E-state index in [9.17, 15) is 19.5 Å². The molecule has 2 unspecified atom stereocenters. The van der Waals surface area contributed by atoms with Crippen molar-refractivity contribution in [2.24, 2.45) is 0 Å². The van der Waals surface area contributed by atoms with E-state index in [-0.39, 0.29) is 36.2 Å². The van der Waals surface area contributed by atoms with Crippen LogP contribution >= 0.6 is 0 Å². The molecule has 0 aliphatic heterocycles. The average molecular weight is 964 g/mol. The van der Waals surface area contributed by atoms with Gasteiger partial charge >= 0.3 is 17.9 Å². The number of esters is 2. The van der Waals surface area contributed by atoms with E-state index in [1.807, 2.05) is 21.1 Å². The van der Waals surface area contributed by atoms with Gasteiger partial charge in [-0.15, -0.1) is 0 Å². The number of carboxylic acids is 1. The molecular weight excluding hydrogens is 859 g/mol. The third kappa shape index (κ3) is 49.0. The number of unbranched alkanes of at least 4 members (excludes halogenated alkanes) is 19. The number of ether oxygens (including phenoxy) is 3. The zero-order valence-electron chi connectivity index (χ0n) is 45.0. The Morgan fingerprint density at radius 2 is 0.812 bits per heavy atom. The van der Waals surface area contributed by atoms with Gasteiger partial charge in [0, 0.05) is 19.3 Å². The Morgan fingerprint density at radius 3 is 1.20 bits per heavy atom. The minimum absolute atomic E-state index is 0.0502. The third-order valence-electron chi connectivity index (χ3n) is 12.0. The quantitative estimate of drug-likeness (QED) is 0.0281. The monoisotopic (exact) mass is 963 g/mol. The van der Waals surface area contributed by atoms with E-state index in [0.29, 0.717) is 19.3 Å². The molecule has 0 fully saturated rings. The van der Waals surface area contributed by atoms with Crippen LogP contribution in [-0.4, -0.2) is 80.6 Å². The molecule has 69 heavy (non-hydrogen) atoms. The van der Waals surface area contributed by atoms with Crippen LogP contribution in [-0.2, 0) is 28.6 Å². The molecule has 0 heterocycles. The van der Waals surface area contributed by atoms with Gasteiger partial charge in [0.05, 0.1) is 34.4 Å². The van der Waals surface area contributed by atoms with E-state index in [1.165, 1.54) is 89.9 Å². The van der Waals surface area contributed by atoms with Crippen LogP contribution in [0.3, 0.4) is 0 Å². The molecule has 0 spiro atoms. The molecule has 0 aromatic rings. The molecule has 0 aromatic heterocycles. The first-order valence-corrected chi connectivity index (χ1v) is 27.8. The van der Waals surface area contributed by atoms with Crippen LogP contribution in [0.1, 0.15) is 219 Å². The second kappa shape index (κ2) is 50.6. The highest BCUT2D eigenvalue weighted by Gasteiger charge is 2.31. The molecule has 0 aliphatic rings. The Kier molecular flexibility index (Phi) is 47.9. The van der Waals surface area contributed by atoms with Crippen molar-refractivity contribution in [1.82, 2.24) is 0 Å². The first-order valence-electron chi connectivity index (χ1n) is 27.8. The van der Waals surface area contributed by atoms with Crippen LogP contribution in [0, 0.1) is 0 Å². The molecule has 1 N–H and O–H groups in total. The summed E-state index contributed by atoms with van der Waals surface area (Å²) in [5.41, 5.74) is 0. The minimum Gasteiger partial charge on any atom is -0.477 e. The summed E-state index contributed by atoms with van der Waals surface area (Å²) in [5, 5.41) is 9.68. The van der Waals surface area contributed by atoms with Gasteiger partial charge in [0.15, 0.2) is 12.1 Å². The van der Waals surface area contributed by atoms with Crippen molar-refractivity contribution in [3.05, 3.63) is 97.2 Å². The Bertz CT molecular complexity index is 1450.